The SMILES string of the molecule is NCCCCC(N)C(O)O. The van der Waals surface area contributed by atoms with Crippen LogP contribution in [-0.2, 0) is 0 Å². The van der Waals surface area contributed by atoms with Crippen molar-refractivity contribution in [1.29, 1.82) is 0 Å². The Balaban J connectivity index is 3.13. The summed E-state index contributed by atoms with van der Waals surface area (Å²) >= 11 is 0. The van der Waals surface area contributed by atoms with Crippen molar-refractivity contribution in [3.05, 3.63) is 0 Å². The number of hydrogen-bond acceptors (Lipinski definition) is 4. The van der Waals surface area contributed by atoms with E-state index in [1.165, 1.54) is 0 Å². The van der Waals surface area contributed by atoms with Gasteiger partial charge in [-0.25, -0.2) is 0 Å². The average Bonchev–Trinajstić information content (AvgIpc) is 1.88. The Morgan fingerprint density at radius 3 is 2.20 bits per heavy atom. The molecular formula is C6H16N2O2. The largest absolute Gasteiger partial charge is 0.367 e. The lowest BCUT2D eigenvalue weighted by Gasteiger charge is -2.12. The van der Waals surface area contributed by atoms with Crippen LogP contribution in [0.4, 0.5) is 0 Å². The Hall–Kier alpha value is -0.160. The Morgan fingerprint density at radius 1 is 1.20 bits per heavy atom. The van der Waals surface area contributed by atoms with Gasteiger partial charge < -0.3 is 21.7 Å². The number of aliphatic hydroxyl groups excluding tert-OH is 1. The summed E-state index contributed by atoms with van der Waals surface area (Å²) in [6.45, 7) is 0.633. The summed E-state index contributed by atoms with van der Waals surface area (Å²) < 4.78 is 0. The Kier molecular flexibility index (Phi) is 5.52. The molecule has 4 heteroatoms. The number of nitrogens with two attached hydrogens (primary N) is 2. The number of unbranched alkanes of at least 4 members (excludes halogenated alkanes) is 1. The Morgan fingerprint density at radius 2 is 1.80 bits per heavy atom. The van der Waals surface area contributed by atoms with Crippen LogP contribution < -0.4 is 11.5 Å². The second-order valence-corrected chi connectivity index (χ2v) is 2.36. The van der Waals surface area contributed by atoms with E-state index in [1.54, 1.807) is 0 Å². The van der Waals surface area contributed by atoms with Crippen LogP contribution in [0.5, 0.6) is 0 Å². The van der Waals surface area contributed by atoms with Crippen molar-refractivity contribution in [3.63, 3.8) is 0 Å². The first-order chi connectivity index (χ1) is 4.68. The lowest BCUT2D eigenvalue weighted by atomic mass is 10.1. The van der Waals surface area contributed by atoms with Gasteiger partial charge in [-0.2, -0.15) is 0 Å². The molecule has 0 aliphatic heterocycles. The zero-order valence-corrected chi connectivity index (χ0v) is 6.03. The van der Waals surface area contributed by atoms with Crippen LogP contribution in [0.2, 0.25) is 0 Å². The van der Waals surface area contributed by atoms with Crippen LogP contribution in [0.25, 0.3) is 0 Å². The number of hydrogen-bond donors (Lipinski definition) is 4. The van der Waals surface area contributed by atoms with Crippen LogP contribution in [0.3, 0.4) is 0 Å². The summed E-state index contributed by atoms with van der Waals surface area (Å²) in [7, 11) is 0. The molecule has 0 aromatic carbocycles. The van der Waals surface area contributed by atoms with Gasteiger partial charge in [0.2, 0.25) is 0 Å². The smallest absolute Gasteiger partial charge is 0.166 e. The zero-order valence-electron chi connectivity index (χ0n) is 6.03. The van der Waals surface area contributed by atoms with E-state index in [0.717, 1.165) is 12.8 Å². The summed E-state index contributed by atoms with van der Waals surface area (Å²) in [6.07, 6.45) is 0.975. The van der Waals surface area contributed by atoms with E-state index < -0.39 is 12.3 Å². The molecule has 6 N–H and O–H groups in total. The predicted molar refractivity (Wildman–Crippen MR) is 39.1 cm³/mol. The molecule has 0 amide bonds. The molecule has 0 radical (unpaired) electrons. The maximum Gasteiger partial charge on any atom is 0.166 e. The average molecular weight is 148 g/mol. The molecule has 0 saturated carbocycles. The van der Waals surface area contributed by atoms with Crippen LogP contribution in [0.1, 0.15) is 19.3 Å². The molecular weight excluding hydrogens is 132 g/mol. The van der Waals surface area contributed by atoms with Crippen molar-refractivity contribution >= 4 is 0 Å². The van der Waals surface area contributed by atoms with Gasteiger partial charge in [0, 0.05) is 0 Å². The normalized spacial score (nSPS) is 14.1. The van der Waals surface area contributed by atoms with Gasteiger partial charge in [-0.3, -0.25) is 0 Å². The van der Waals surface area contributed by atoms with Crippen LogP contribution in [-0.4, -0.2) is 29.1 Å². The first-order valence-electron chi connectivity index (χ1n) is 3.50. The monoisotopic (exact) mass is 148 g/mol. The van der Waals surface area contributed by atoms with Gasteiger partial charge >= 0.3 is 0 Å². The van der Waals surface area contributed by atoms with Crippen molar-refractivity contribution < 1.29 is 10.2 Å². The van der Waals surface area contributed by atoms with Crippen LogP contribution >= 0.6 is 0 Å². The maximum atomic E-state index is 8.52. The fourth-order valence-corrected chi connectivity index (χ4v) is 0.673. The van der Waals surface area contributed by atoms with Crippen molar-refractivity contribution in [3.8, 4) is 0 Å². The topological polar surface area (TPSA) is 92.5 Å². The fraction of sp³-hybridized carbons (Fsp3) is 1.00. The van der Waals surface area contributed by atoms with Gasteiger partial charge in [-0.05, 0) is 19.4 Å². The van der Waals surface area contributed by atoms with Crippen molar-refractivity contribution in [2.24, 2.45) is 11.5 Å². The summed E-state index contributed by atoms with van der Waals surface area (Å²) in [6, 6.07) is -0.522. The van der Waals surface area contributed by atoms with Gasteiger partial charge in [-0.15, -0.1) is 0 Å². The summed E-state index contributed by atoms with van der Waals surface area (Å²) in [5.41, 5.74) is 10.5. The standard InChI is InChI=1S/C6H16N2O2/c7-4-2-1-3-5(8)6(9)10/h5-6,9-10H,1-4,7-8H2. The maximum absolute atomic E-state index is 8.52. The molecule has 1 atom stereocenters. The van der Waals surface area contributed by atoms with Gasteiger partial charge in [0.1, 0.15) is 0 Å². The molecule has 0 saturated heterocycles. The van der Waals surface area contributed by atoms with Crippen LogP contribution in [0.15, 0.2) is 0 Å². The minimum absolute atomic E-state index is 0.522. The van der Waals surface area contributed by atoms with Gasteiger partial charge in [-0.1, -0.05) is 6.42 Å². The molecule has 0 fully saturated rings. The fourth-order valence-electron chi connectivity index (χ4n) is 0.673. The summed E-state index contributed by atoms with van der Waals surface area (Å²) in [4.78, 5) is 0. The molecule has 1 unspecified atom stereocenters. The summed E-state index contributed by atoms with van der Waals surface area (Å²) in [5, 5.41) is 17.0. The first-order valence-corrected chi connectivity index (χ1v) is 3.50. The third kappa shape index (κ3) is 4.69. The van der Waals surface area contributed by atoms with Gasteiger partial charge in [0.25, 0.3) is 0 Å². The van der Waals surface area contributed by atoms with Crippen molar-refractivity contribution in [2.45, 2.75) is 31.6 Å². The molecule has 4 nitrogen and oxygen atoms in total. The van der Waals surface area contributed by atoms with Gasteiger partial charge in [0.15, 0.2) is 6.29 Å². The predicted octanol–water partition coefficient (Wildman–Crippen LogP) is -1.25. The van der Waals surface area contributed by atoms with Gasteiger partial charge in [0.05, 0.1) is 6.04 Å². The molecule has 62 valence electrons. The molecule has 0 aromatic rings. The molecule has 0 bridgehead atoms. The number of rotatable bonds is 5. The molecule has 0 aliphatic carbocycles. The zero-order chi connectivity index (χ0) is 7.98. The van der Waals surface area contributed by atoms with E-state index in [4.69, 9.17) is 21.7 Å². The third-order valence-corrected chi connectivity index (χ3v) is 1.37. The Bertz CT molecular complexity index is 78.1. The lowest BCUT2D eigenvalue weighted by molar-refractivity contribution is -0.0599. The molecule has 0 aliphatic rings. The molecule has 10 heavy (non-hydrogen) atoms. The van der Waals surface area contributed by atoms with Crippen LogP contribution in [0, 0.1) is 0 Å². The van der Waals surface area contributed by atoms with E-state index in [1.807, 2.05) is 0 Å². The molecule has 0 aromatic heterocycles. The molecule has 0 heterocycles. The highest BCUT2D eigenvalue weighted by Gasteiger charge is 2.08. The van der Waals surface area contributed by atoms with E-state index >= 15 is 0 Å². The third-order valence-electron chi connectivity index (χ3n) is 1.37. The Labute approximate surface area is 60.8 Å². The number of aliphatic hydroxyl groups is 2. The quantitative estimate of drug-likeness (QED) is 0.289. The molecule has 0 spiro atoms. The van der Waals surface area contributed by atoms with E-state index in [2.05, 4.69) is 0 Å². The highest BCUT2D eigenvalue weighted by molar-refractivity contribution is 4.62. The minimum Gasteiger partial charge on any atom is -0.367 e. The van der Waals surface area contributed by atoms with Crippen molar-refractivity contribution in [2.75, 3.05) is 6.54 Å². The highest BCUT2D eigenvalue weighted by atomic mass is 16.5. The summed E-state index contributed by atoms with van der Waals surface area (Å²) in [5.74, 6) is 0. The first kappa shape index (κ1) is 9.84. The lowest BCUT2D eigenvalue weighted by Crippen LogP contribution is -2.34. The van der Waals surface area contributed by atoms with Crippen molar-refractivity contribution in [1.82, 2.24) is 0 Å². The highest BCUT2D eigenvalue weighted by Crippen LogP contribution is 1.99. The van der Waals surface area contributed by atoms with E-state index in [0.29, 0.717) is 13.0 Å². The molecule has 0 rings (SSSR count). The second-order valence-electron chi connectivity index (χ2n) is 2.36. The van der Waals surface area contributed by atoms with E-state index in [-0.39, 0.29) is 0 Å². The van der Waals surface area contributed by atoms with E-state index in [9.17, 15) is 0 Å². The minimum atomic E-state index is -1.39. The second kappa shape index (κ2) is 5.61.